The van der Waals surface area contributed by atoms with Crippen molar-refractivity contribution in [1.29, 1.82) is 0 Å². The second-order valence-corrected chi connectivity index (χ2v) is 7.03. The highest BCUT2D eigenvalue weighted by atomic mass is 79.9. The van der Waals surface area contributed by atoms with E-state index in [-0.39, 0.29) is 5.91 Å². The summed E-state index contributed by atoms with van der Waals surface area (Å²) in [6.45, 7) is 4.16. The minimum atomic E-state index is -0.889. The lowest BCUT2D eigenvalue weighted by Gasteiger charge is -2.30. The third-order valence-electron chi connectivity index (χ3n) is 4.01. The van der Waals surface area contributed by atoms with Gasteiger partial charge >= 0.3 is 0 Å². The van der Waals surface area contributed by atoms with Crippen molar-refractivity contribution in [3.05, 3.63) is 63.6 Å². The fourth-order valence-corrected chi connectivity index (χ4v) is 3.15. The fourth-order valence-electron chi connectivity index (χ4n) is 2.76. The van der Waals surface area contributed by atoms with Gasteiger partial charge in [0.1, 0.15) is 0 Å². The van der Waals surface area contributed by atoms with Crippen LogP contribution in [0.4, 0.5) is 5.69 Å². The zero-order chi connectivity index (χ0) is 15.9. The highest BCUT2D eigenvalue weighted by molar-refractivity contribution is 9.10. The van der Waals surface area contributed by atoms with E-state index in [1.165, 1.54) is 0 Å². The summed E-state index contributed by atoms with van der Waals surface area (Å²) in [4.78, 5) is 14.5. The number of aliphatic hydroxyl groups is 1. The Hall–Kier alpha value is -1.65. The predicted octanol–water partition coefficient (Wildman–Crippen LogP) is 3.88. The summed E-state index contributed by atoms with van der Waals surface area (Å²) in [6.07, 6.45) is 0.789. The number of carbonyl (C=O) groups is 1. The lowest BCUT2D eigenvalue weighted by atomic mass is 9.90. The molecule has 0 unspecified atom stereocenters. The molecule has 0 aliphatic carbocycles. The van der Waals surface area contributed by atoms with E-state index in [0.717, 1.165) is 33.3 Å². The predicted molar refractivity (Wildman–Crippen MR) is 91.2 cm³/mol. The molecule has 3 rings (SSSR count). The first kappa shape index (κ1) is 15.3. The van der Waals surface area contributed by atoms with Crippen molar-refractivity contribution in [3.63, 3.8) is 0 Å². The maximum absolute atomic E-state index is 12.7. The van der Waals surface area contributed by atoms with E-state index in [9.17, 15) is 9.90 Å². The average molecular weight is 360 g/mol. The summed E-state index contributed by atoms with van der Waals surface area (Å²) in [6, 6.07) is 13.4. The first-order valence-electron chi connectivity index (χ1n) is 7.29. The first-order valence-corrected chi connectivity index (χ1v) is 8.09. The minimum Gasteiger partial charge on any atom is -0.386 e. The highest BCUT2D eigenvalue weighted by Crippen LogP contribution is 2.29. The third-order valence-corrected chi connectivity index (χ3v) is 4.51. The van der Waals surface area contributed by atoms with Crippen molar-refractivity contribution in [2.75, 3.05) is 11.4 Å². The average Bonchev–Trinajstić information content (AvgIpc) is 2.46. The van der Waals surface area contributed by atoms with Crippen LogP contribution < -0.4 is 4.90 Å². The molecule has 0 atom stereocenters. The molecule has 0 saturated heterocycles. The van der Waals surface area contributed by atoms with Crippen LogP contribution >= 0.6 is 15.9 Å². The normalized spacial score (nSPS) is 14.9. The van der Waals surface area contributed by atoms with Gasteiger partial charge in [0.05, 0.1) is 5.60 Å². The van der Waals surface area contributed by atoms with Crippen LogP contribution in [-0.4, -0.2) is 17.6 Å². The van der Waals surface area contributed by atoms with E-state index in [0.29, 0.717) is 6.54 Å². The van der Waals surface area contributed by atoms with Gasteiger partial charge in [0.15, 0.2) is 0 Å². The molecular formula is C18H18BrNO2. The Morgan fingerprint density at radius 2 is 1.95 bits per heavy atom. The summed E-state index contributed by atoms with van der Waals surface area (Å²) in [7, 11) is 0. The van der Waals surface area contributed by atoms with Gasteiger partial charge < -0.3 is 10.0 Å². The number of benzene rings is 2. The first-order chi connectivity index (χ1) is 10.4. The Kier molecular flexibility index (Phi) is 3.83. The Morgan fingerprint density at radius 1 is 1.18 bits per heavy atom. The van der Waals surface area contributed by atoms with E-state index >= 15 is 0 Å². The number of halogens is 1. The van der Waals surface area contributed by atoms with Gasteiger partial charge in [0, 0.05) is 22.3 Å². The number of anilines is 1. The SMILES string of the molecule is CC(C)(O)c1ccc2c(c1)CCN(c1cccc(Br)c1)C2=O. The van der Waals surface area contributed by atoms with Crippen molar-refractivity contribution < 1.29 is 9.90 Å². The van der Waals surface area contributed by atoms with E-state index < -0.39 is 5.60 Å². The largest absolute Gasteiger partial charge is 0.386 e. The van der Waals surface area contributed by atoms with E-state index in [4.69, 9.17) is 0 Å². The summed E-state index contributed by atoms with van der Waals surface area (Å²) >= 11 is 3.45. The molecule has 2 aromatic rings. The van der Waals surface area contributed by atoms with Crippen molar-refractivity contribution in [3.8, 4) is 0 Å². The van der Waals surface area contributed by atoms with E-state index in [1.54, 1.807) is 18.7 Å². The number of hydrogen-bond donors (Lipinski definition) is 1. The standard InChI is InChI=1S/C18H18BrNO2/c1-18(2,22)13-6-7-16-12(10-13)8-9-20(17(16)21)15-5-3-4-14(19)11-15/h3-7,10-11,22H,8-9H2,1-2H3. The van der Waals surface area contributed by atoms with Crippen LogP contribution in [-0.2, 0) is 12.0 Å². The minimum absolute atomic E-state index is 0.0154. The van der Waals surface area contributed by atoms with Crippen molar-refractivity contribution in [1.82, 2.24) is 0 Å². The van der Waals surface area contributed by atoms with Gasteiger partial charge in [-0.25, -0.2) is 0 Å². The van der Waals surface area contributed by atoms with Crippen LogP contribution in [0.5, 0.6) is 0 Å². The molecule has 0 aromatic heterocycles. The molecule has 3 nitrogen and oxygen atoms in total. The Bertz CT molecular complexity index is 734. The van der Waals surface area contributed by atoms with Gasteiger partial charge in [-0.1, -0.05) is 34.1 Å². The molecule has 1 heterocycles. The number of amides is 1. The van der Waals surface area contributed by atoms with Crippen LogP contribution in [0, 0.1) is 0 Å². The van der Waals surface area contributed by atoms with Gasteiger partial charge in [-0.15, -0.1) is 0 Å². The summed E-state index contributed by atoms with van der Waals surface area (Å²) in [5.41, 5.74) is 2.58. The van der Waals surface area contributed by atoms with Crippen LogP contribution in [0.1, 0.15) is 35.3 Å². The lowest BCUT2D eigenvalue weighted by Crippen LogP contribution is -2.37. The Labute approximate surface area is 138 Å². The van der Waals surface area contributed by atoms with Crippen molar-refractivity contribution >= 4 is 27.5 Å². The Morgan fingerprint density at radius 3 is 2.64 bits per heavy atom. The molecule has 0 fully saturated rings. The van der Waals surface area contributed by atoms with Crippen LogP contribution in [0.25, 0.3) is 0 Å². The molecule has 2 aromatic carbocycles. The molecule has 0 spiro atoms. The van der Waals surface area contributed by atoms with Gasteiger partial charge in [0.25, 0.3) is 5.91 Å². The summed E-state index contributed by atoms with van der Waals surface area (Å²) in [5, 5.41) is 10.1. The van der Waals surface area contributed by atoms with Crippen LogP contribution in [0.3, 0.4) is 0 Å². The summed E-state index contributed by atoms with van der Waals surface area (Å²) < 4.78 is 0.959. The highest BCUT2D eigenvalue weighted by Gasteiger charge is 2.27. The van der Waals surface area contributed by atoms with Gasteiger partial charge in [-0.05, 0) is 55.7 Å². The van der Waals surface area contributed by atoms with Crippen LogP contribution in [0.15, 0.2) is 46.9 Å². The molecule has 1 amide bonds. The van der Waals surface area contributed by atoms with Gasteiger partial charge in [-0.3, -0.25) is 4.79 Å². The number of nitrogens with zero attached hydrogens (tertiary/aromatic N) is 1. The fraction of sp³-hybridized carbons (Fsp3) is 0.278. The van der Waals surface area contributed by atoms with Gasteiger partial charge in [-0.2, -0.15) is 0 Å². The molecule has 1 aliphatic heterocycles. The molecule has 0 radical (unpaired) electrons. The van der Waals surface area contributed by atoms with E-state index in [2.05, 4.69) is 15.9 Å². The molecule has 1 aliphatic rings. The zero-order valence-corrected chi connectivity index (χ0v) is 14.2. The number of hydrogen-bond acceptors (Lipinski definition) is 2. The topological polar surface area (TPSA) is 40.5 Å². The monoisotopic (exact) mass is 359 g/mol. The maximum atomic E-state index is 12.7. The second-order valence-electron chi connectivity index (χ2n) is 6.12. The summed E-state index contributed by atoms with van der Waals surface area (Å²) in [5.74, 6) is 0.0154. The molecule has 0 saturated carbocycles. The number of fused-ring (bicyclic) bond motifs is 1. The van der Waals surface area contributed by atoms with Crippen molar-refractivity contribution in [2.24, 2.45) is 0 Å². The van der Waals surface area contributed by atoms with E-state index in [1.807, 2.05) is 42.5 Å². The van der Waals surface area contributed by atoms with Crippen LogP contribution in [0.2, 0.25) is 0 Å². The molecule has 0 bridgehead atoms. The number of rotatable bonds is 2. The van der Waals surface area contributed by atoms with Crippen molar-refractivity contribution in [2.45, 2.75) is 25.9 Å². The zero-order valence-electron chi connectivity index (χ0n) is 12.6. The molecule has 22 heavy (non-hydrogen) atoms. The second kappa shape index (κ2) is 5.52. The molecule has 114 valence electrons. The van der Waals surface area contributed by atoms with Gasteiger partial charge in [0.2, 0.25) is 0 Å². The molecule has 1 N–H and O–H groups in total. The quantitative estimate of drug-likeness (QED) is 0.883. The maximum Gasteiger partial charge on any atom is 0.258 e. The Balaban J connectivity index is 1.97. The number of carbonyl (C=O) groups excluding carboxylic acids is 1. The molecular weight excluding hydrogens is 342 g/mol. The third kappa shape index (κ3) is 2.81. The lowest BCUT2D eigenvalue weighted by molar-refractivity contribution is 0.0783. The smallest absolute Gasteiger partial charge is 0.258 e. The molecule has 4 heteroatoms.